The first kappa shape index (κ1) is 25.8. The highest BCUT2D eigenvalue weighted by Crippen LogP contribution is 2.38. The Morgan fingerprint density at radius 3 is 2.25 bits per heavy atom. The number of carbonyl (C=O) groups excluding carboxylic acids is 1. The topological polar surface area (TPSA) is 66.8 Å². The number of carboxylic acid groups (broad SMARTS) is 1. The molecule has 1 aliphatic rings. The maximum atomic E-state index is 13.3. The predicted molar refractivity (Wildman–Crippen MR) is 142 cm³/mol. The maximum Gasteiger partial charge on any atom is 0.323 e. The second-order valence-electron chi connectivity index (χ2n) is 10.9. The van der Waals surface area contributed by atoms with E-state index in [9.17, 15) is 14.7 Å². The van der Waals surface area contributed by atoms with Crippen molar-refractivity contribution in [3.8, 4) is 5.75 Å². The first-order chi connectivity index (χ1) is 16.9. The van der Waals surface area contributed by atoms with Crippen LogP contribution in [0.15, 0.2) is 66.7 Å². The van der Waals surface area contributed by atoms with Crippen molar-refractivity contribution in [1.82, 2.24) is 4.90 Å². The molecule has 36 heavy (non-hydrogen) atoms. The molecule has 0 bridgehead atoms. The minimum Gasteiger partial charge on any atom is -0.487 e. The summed E-state index contributed by atoms with van der Waals surface area (Å²) in [5.41, 5.74) is 4.39. The number of benzene rings is 3. The monoisotopic (exact) mass is 505 g/mol. The molecule has 0 saturated heterocycles. The Balaban J connectivity index is 1.50. The molecule has 3 aromatic carbocycles. The lowest BCUT2D eigenvalue weighted by atomic mass is 9.85. The van der Waals surface area contributed by atoms with Gasteiger partial charge in [0.25, 0.3) is 5.91 Å². The first-order valence-electron chi connectivity index (χ1n) is 12.1. The van der Waals surface area contributed by atoms with Crippen molar-refractivity contribution >= 4 is 23.5 Å². The Labute approximate surface area is 217 Å². The third-order valence-electron chi connectivity index (χ3n) is 6.53. The highest BCUT2D eigenvalue weighted by molar-refractivity contribution is 6.30. The summed E-state index contributed by atoms with van der Waals surface area (Å²) in [4.78, 5) is 26.1. The van der Waals surface area contributed by atoms with Gasteiger partial charge in [-0.3, -0.25) is 9.59 Å². The van der Waals surface area contributed by atoms with Gasteiger partial charge in [-0.1, -0.05) is 68.8 Å². The Morgan fingerprint density at radius 2 is 1.64 bits per heavy atom. The number of fused-ring (bicyclic) bond motifs is 1. The molecule has 1 heterocycles. The summed E-state index contributed by atoms with van der Waals surface area (Å²) in [7, 11) is 0. The van der Waals surface area contributed by atoms with Crippen LogP contribution in [0.3, 0.4) is 0 Å². The van der Waals surface area contributed by atoms with Crippen LogP contribution in [0.1, 0.15) is 60.3 Å². The van der Waals surface area contributed by atoms with Gasteiger partial charge < -0.3 is 14.7 Å². The van der Waals surface area contributed by atoms with Crippen LogP contribution in [-0.4, -0.2) is 34.0 Å². The summed E-state index contributed by atoms with van der Waals surface area (Å²) in [5, 5.41) is 9.98. The van der Waals surface area contributed by atoms with Crippen molar-refractivity contribution < 1.29 is 19.4 Å². The number of amides is 1. The van der Waals surface area contributed by atoms with E-state index in [1.807, 2.05) is 12.1 Å². The quantitative estimate of drug-likeness (QED) is 0.409. The molecule has 1 N–H and O–H groups in total. The Kier molecular flexibility index (Phi) is 7.14. The van der Waals surface area contributed by atoms with E-state index in [1.54, 1.807) is 30.3 Å². The van der Waals surface area contributed by atoms with Gasteiger partial charge in [0.15, 0.2) is 0 Å². The van der Waals surface area contributed by atoms with Gasteiger partial charge in [0.1, 0.15) is 17.9 Å². The van der Waals surface area contributed by atoms with Gasteiger partial charge in [-0.2, -0.15) is 0 Å². The van der Waals surface area contributed by atoms with Gasteiger partial charge >= 0.3 is 5.97 Å². The number of rotatable bonds is 7. The number of halogens is 1. The van der Waals surface area contributed by atoms with E-state index in [-0.39, 0.29) is 17.9 Å². The number of carbonyl (C=O) groups is 2. The van der Waals surface area contributed by atoms with E-state index in [1.165, 1.54) is 16.0 Å². The van der Waals surface area contributed by atoms with Gasteiger partial charge in [0, 0.05) is 30.0 Å². The van der Waals surface area contributed by atoms with E-state index in [2.05, 4.69) is 52.0 Å². The SMILES string of the molecule is CC(C)(C)c1ccc(C[C@@]2(C)Cc3cc(C(=O)N(CC(=O)O)Cc4ccc(Cl)cc4)ccc3O2)cc1. The van der Waals surface area contributed by atoms with Crippen LogP contribution in [0.25, 0.3) is 0 Å². The molecule has 0 fully saturated rings. The van der Waals surface area contributed by atoms with Gasteiger partial charge in [0.05, 0.1) is 0 Å². The predicted octanol–water partition coefficient (Wildman–Crippen LogP) is 6.30. The average molecular weight is 506 g/mol. The van der Waals surface area contributed by atoms with Gasteiger partial charge in [-0.15, -0.1) is 0 Å². The molecule has 4 rings (SSSR count). The number of hydrogen-bond acceptors (Lipinski definition) is 3. The number of hydrogen-bond donors (Lipinski definition) is 1. The molecule has 6 heteroatoms. The summed E-state index contributed by atoms with van der Waals surface area (Å²) in [6.07, 6.45) is 1.41. The fraction of sp³-hybridized carbons (Fsp3) is 0.333. The van der Waals surface area contributed by atoms with E-state index in [0.717, 1.165) is 23.3 Å². The molecular weight excluding hydrogens is 474 g/mol. The molecule has 0 unspecified atom stereocenters. The third kappa shape index (κ3) is 6.08. The Bertz CT molecular complexity index is 1260. The van der Waals surface area contributed by atoms with Crippen molar-refractivity contribution in [2.45, 2.75) is 58.1 Å². The first-order valence-corrected chi connectivity index (χ1v) is 12.5. The molecule has 0 spiro atoms. The summed E-state index contributed by atoms with van der Waals surface area (Å²) in [5.74, 6) is -0.628. The van der Waals surface area contributed by atoms with Crippen LogP contribution in [0.4, 0.5) is 0 Å². The zero-order valence-electron chi connectivity index (χ0n) is 21.2. The van der Waals surface area contributed by atoms with Crippen molar-refractivity contribution in [2.24, 2.45) is 0 Å². The molecule has 0 radical (unpaired) electrons. The zero-order chi connectivity index (χ0) is 26.1. The lowest BCUT2D eigenvalue weighted by Crippen LogP contribution is -2.35. The molecular formula is C30H32ClNO4. The number of nitrogens with zero attached hydrogens (tertiary/aromatic N) is 1. The van der Waals surface area contributed by atoms with Gasteiger partial charge in [-0.25, -0.2) is 0 Å². The maximum absolute atomic E-state index is 13.3. The number of ether oxygens (including phenoxy) is 1. The molecule has 188 valence electrons. The fourth-order valence-electron chi connectivity index (χ4n) is 4.66. The van der Waals surface area contributed by atoms with Crippen LogP contribution in [-0.2, 0) is 29.6 Å². The Hall–Kier alpha value is -3.31. The smallest absolute Gasteiger partial charge is 0.323 e. The summed E-state index contributed by atoms with van der Waals surface area (Å²) >= 11 is 5.96. The van der Waals surface area contributed by atoms with Gasteiger partial charge in [0.2, 0.25) is 0 Å². The van der Waals surface area contributed by atoms with E-state index in [0.29, 0.717) is 17.0 Å². The molecule has 5 nitrogen and oxygen atoms in total. The van der Waals surface area contributed by atoms with Crippen LogP contribution in [0.2, 0.25) is 5.02 Å². The summed E-state index contributed by atoms with van der Waals surface area (Å²) < 4.78 is 6.33. The third-order valence-corrected chi connectivity index (χ3v) is 6.78. The summed E-state index contributed by atoms with van der Waals surface area (Å²) in [6.45, 7) is 8.48. The minimum absolute atomic E-state index is 0.105. The van der Waals surface area contributed by atoms with Crippen LogP contribution in [0.5, 0.6) is 5.75 Å². The lowest BCUT2D eigenvalue weighted by Gasteiger charge is -2.25. The van der Waals surface area contributed by atoms with Crippen LogP contribution >= 0.6 is 11.6 Å². The van der Waals surface area contributed by atoms with E-state index >= 15 is 0 Å². The lowest BCUT2D eigenvalue weighted by molar-refractivity contribution is -0.137. The van der Waals surface area contributed by atoms with Crippen molar-refractivity contribution in [3.63, 3.8) is 0 Å². The van der Waals surface area contributed by atoms with Gasteiger partial charge in [-0.05, 0) is 64.9 Å². The second kappa shape index (κ2) is 9.98. The molecule has 0 saturated carbocycles. The molecule has 0 aromatic heterocycles. The zero-order valence-corrected chi connectivity index (χ0v) is 21.9. The van der Waals surface area contributed by atoms with Crippen LogP contribution < -0.4 is 4.74 Å². The van der Waals surface area contributed by atoms with Crippen molar-refractivity contribution in [3.05, 3.63) is 99.6 Å². The second-order valence-corrected chi connectivity index (χ2v) is 11.3. The highest BCUT2D eigenvalue weighted by Gasteiger charge is 2.35. The Morgan fingerprint density at radius 1 is 1.00 bits per heavy atom. The van der Waals surface area contributed by atoms with E-state index in [4.69, 9.17) is 16.3 Å². The minimum atomic E-state index is -1.06. The normalized spacial score (nSPS) is 16.8. The largest absolute Gasteiger partial charge is 0.487 e. The standard InChI is InChI=1S/C30H32ClNO4/c1-29(2,3)24-10-5-20(6-11-24)16-30(4)17-23-15-22(9-14-26(23)36-30)28(35)32(19-27(33)34)18-21-7-12-25(31)13-8-21/h5-15H,16-19H2,1-4H3,(H,33,34)/t30-/m0/s1. The molecule has 3 aromatic rings. The number of aliphatic carboxylic acids is 1. The molecule has 0 aliphatic carbocycles. The van der Waals surface area contributed by atoms with E-state index < -0.39 is 18.1 Å². The fourth-order valence-corrected chi connectivity index (χ4v) is 4.79. The van der Waals surface area contributed by atoms with Crippen LogP contribution in [0, 0.1) is 0 Å². The average Bonchev–Trinajstić information content (AvgIpc) is 3.13. The summed E-state index contributed by atoms with van der Waals surface area (Å²) in [6, 6.07) is 21.1. The highest BCUT2D eigenvalue weighted by atomic mass is 35.5. The van der Waals surface area contributed by atoms with Crippen molar-refractivity contribution in [1.29, 1.82) is 0 Å². The van der Waals surface area contributed by atoms with Crippen molar-refractivity contribution in [2.75, 3.05) is 6.54 Å². The molecule has 1 aliphatic heterocycles. The molecule has 1 atom stereocenters. The number of carboxylic acids is 1. The molecule has 1 amide bonds.